The highest BCUT2D eigenvalue weighted by atomic mass is 16.5. The van der Waals surface area contributed by atoms with Gasteiger partial charge in [-0.15, -0.1) is 0 Å². The first-order valence-electron chi connectivity index (χ1n) is 4.20. The monoisotopic (exact) mass is 200 g/mol. The maximum Gasteiger partial charge on any atom is 0.306 e. The van der Waals surface area contributed by atoms with E-state index in [1.807, 2.05) is 0 Å². The van der Waals surface area contributed by atoms with Crippen LogP contribution in [-0.2, 0) is 19.1 Å². The van der Waals surface area contributed by atoms with E-state index < -0.39 is 11.9 Å². The Kier molecular flexibility index (Phi) is 3.06. The summed E-state index contributed by atoms with van der Waals surface area (Å²) in [5.41, 5.74) is 2.37. The lowest BCUT2D eigenvalue weighted by Gasteiger charge is -2.11. The summed E-state index contributed by atoms with van der Waals surface area (Å²) >= 11 is 0. The van der Waals surface area contributed by atoms with Gasteiger partial charge in [0, 0.05) is 6.92 Å². The van der Waals surface area contributed by atoms with Gasteiger partial charge in [-0.3, -0.25) is 24.8 Å². The highest BCUT2D eigenvalue weighted by Gasteiger charge is 2.33. The quantitative estimate of drug-likeness (QED) is 0.584. The number of ether oxygens (including phenoxy) is 1. The van der Waals surface area contributed by atoms with Crippen molar-refractivity contribution in [1.29, 1.82) is 0 Å². The van der Waals surface area contributed by atoms with Gasteiger partial charge in [0.05, 0.1) is 26.0 Å². The molecule has 1 saturated heterocycles. The molecule has 0 saturated carbocycles. The second-order valence-corrected chi connectivity index (χ2v) is 3.08. The van der Waals surface area contributed by atoms with Gasteiger partial charge in [0.2, 0.25) is 11.8 Å². The average Bonchev–Trinajstić information content (AvgIpc) is 2.48. The number of hydrazine groups is 1. The normalized spacial score (nSPS) is 20.6. The molecule has 0 bridgehead atoms. The summed E-state index contributed by atoms with van der Waals surface area (Å²) in [5, 5.41) is 1.19. The Bertz CT molecular complexity index is 277. The fraction of sp³-hybridized carbons (Fsp3) is 0.625. The largest absolute Gasteiger partial charge is 0.469 e. The SMILES string of the molecule is COC(=O)C[C@@H]1CN(C(C)=O)NC1=O. The van der Waals surface area contributed by atoms with Crippen molar-refractivity contribution < 1.29 is 19.1 Å². The summed E-state index contributed by atoms with van der Waals surface area (Å²) < 4.78 is 4.43. The summed E-state index contributed by atoms with van der Waals surface area (Å²) in [6.45, 7) is 1.57. The summed E-state index contributed by atoms with van der Waals surface area (Å²) in [4.78, 5) is 33.0. The van der Waals surface area contributed by atoms with Crippen LogP contribution in [0.25, 0.3) is 0 Å². The Labute approximate surface area is 81.2 Å². The second-order valence-electron chi connectivity index (χ2n) is 3.08. The maximum absolute atomic E-state index is 11.2. The van der Waals surface area contributed by atoms with E-state index in [1.165, 1.54) is 19.0 Å². The number of hydrogen-bond donors (Lipinski definition) is 1. The van der Waals surface area contributed by atoms with Crippen LogP contribution in [0.3, 0.4) is 0 Å². The fourth-order valence-corrected chi connectivity index (χ4v) is 1.22. The van der Waals surface area contributed by atoms with Gasteiger partial charge in [-0.25, -0.2) is 0 Å². The molecule has 0 aromatic rings. The van der Waals surface area contributed by atoms with Gasteiger partial charge in [-0.1, -0.05) is 0 Å². The molecule has 0 radical (unpaired) electrons. The molecule has 78 valence electrons. The lowest BCUT2D eigenvalue weighted by molar-refractivity contribution is -0.143. The lowest BCUT2D eigenvalue weighted by atomic mass is 10.1. The Hall–Kier alpha value is -1.59. The van der Waals surface area contributed by atoms with E-state index >= 15 is 0 Å². The van der Waals surface area contributed by atoms with Crippen LogP contribution in [-0.4, -0.2) is 36.4 Å². The summed E-state index contributed by atoms with van der Waals surface area (Å²) in [5.74, 6) is -1.50. The molecule has 14 heavy (non-hydrogen) atoms. The molecule has 0 aliphatic carbocycles. The Morgan fingerprint density at radius 3 is 2.71 bits per heavy atom. The third-order valence-electron chi connectivity index (χ3n) is 2.04. The van der Waals surface area contributed by atoms with Crippen molar-refractivity contribution in [2.75, 3.05) is 13.7 Å². The van der Waals surface area contributed by atoms with E-state index in [-0.39, 0.29) is 24.8 Å². The number of rotatable bonds is 2. The van der Waals surface area contributed by atoms with Gasteiger partial charge < -0.3 is 4.74 Å². The van der Waals surface area contributed by atoms with Crippen molar-refractivity contribution in [2.24, 2.45) is 5.92 Å². The van der Waals surface area contributed by atoms with Crippen molar-refractivity contribution in [3.8, 4) is 0 Å². The van der Waals surface area contributed by atoms with Crippen molar-refractivity contribution >= 4 is 17.8 Å². The standard InChI is InChI=1S/C8H12N2O4/c1-5(11)10-4-6(8(13)9-10)3-7(12)14-2/h6H,3-4H2,1-2H3,(H,9,13)/t6-/m1/s1. The first-order chi connectivity index (χ1) is 6.54. The minimum atomic E-state index is -0.494. The second kappa shape index (κ2) is 4.08. The van der Waals surface area contributed by atoms with Gasteiger partial charge in [0.15, 0.2) is 0 Å². The van der Waals surface area contributed by atoms with E-state index in [9.17, 15) is 14.4 Å². The van der Waals surface area contributed by atoms with Crippen LogP contribution in [0.1, 0.15) is 13.3 Å². The number of nitrogens with one attached hydrogen (secondary N) is 1. The zero-order valence-electron chi connectivity index (χ0n) is 8.07. The summed E-state index contributed by atoms with van der Waals surface area (Å²) in [6.07, 6.45) is 0.00606. The van der Waals surface area contributed by atoms with E-state index in [4.69, 9.17) is 0 Å². The molecule has 0 unspecified atom stereocenters. The Morgan fingerprint density at radius 1 is 1.64 bits per heavy atom. The zero-order valence-corrected chi connectivity index (χ0v) is 8.07. The molecule has 1 rings (SSSR count). The van der Waals surface area contributed by atoms with E-state index in [0.29, 0.717) is 0 Å². The molecule has 6 heteroatoms. The lowest BCUT2D eigenvalue weighted by Crippen LogP contribution is -2.36. The van der Waals surface area contributed by atoms with E-state index in [2.05, 4.69) is 10.2 Å². The van der Waals surface area contributed by atoms with Crippen LogP contribution in [0.15, 0.2) is 0 Å². The van der Waals surface area contributed by atoms with Crippen molar-refractivity contribution in [3.63, 3.8) is 0 Å². The predicted octanol–water partition coefficient (Wildman–Crippen LogP) is -0.941. The fourth-order valence-electron chi connectivity index (χ4n) is 1.22. The van der Waals surface area contributed by atoms with Gasteiger partial charge in [0.1, 0.15) is 0 Å². The minimum Gasteiger partial charge on any atom is -0.469 e. The van der Waals surface area contributed by atoms with E-state index in [0.717, 1.165) is 0 Å². The number of carbonyl (C=O) groups is 3. The van der Waals surface area contributed by atoms with Gasteiger partial charge in [-0.2, -0.15) is 0 Å². The molecule has 6 nitrogen and oxygen atoms in total. The van der Waals surface area contributed by atoms with Crippen LogP contribution < -0.4 is 5.43 Å². The predicted molar refractivity (Wildman–Crippen MR) is 45.7 cm³/mol. The topological polar surface area (TPSA) is 75.7 Å². The molecule has 0 aromatic heterocycles. The average molecular weight is 200 g/mol. The molecule has 1 heterocycles. The highest BCUT2D eigenvalue weighted by Crippen LogP contribution is 2.12. The van der Waals surface area contributed by atoms with Crippen molar-refractivity contribution in [3.05, 3.63) is 0 Å². The molecule has 0 aromatic carbocycles. The molecule has 1 N–H and O–H groups in total. The van der Waals surface area contributed by atoms with Gasteiger partial charge in [0.25, 0.3) is 0 Å². The Morgan fingerprint density at radius 2 is 2.29 bits per heavy atom. The van der Waals surface area contributed by atoms with Crippen molar-refractivity contribution in [2.45, 2.75) is 13.3 Å². The maximum atomic E-state index is 11.2. The van der Waals surface area contributed by atoms with Crippen LogP contribution >= 0.6 is 0 Å². The Balaban J connectivity index is 2.53. The number of methoxy groups -OCH3 is 1. The molecule has 1 aliphatic rings. The smallest absolute Gasteiger partial charge is 0.306 e. The van der Waals surface area contributed by atoms with Gasteiger partial charge in [-0.05, 0) is 0 Å². The summed E-state index contributed by atoms with van der Waals surface area (Å²) in [7, 11) is 1.26. The first kappa shape index (κ1) is 10.5. The molecule has 0 spiro atoms. The molecule has 2 amide bonds. The number of nitrogens with zero attached hydrogens (tertiary/aromatic N) is 1. The number of esters is 1. The zero-order chi connectivity index (χ0) is 10.7. The third-order valence-corrected chi connectivity index (χ3v) is 2.04. The molecular formula is C8H12N2O4. The molecule has 1 aliphatic heterocycles. The van der Waals surface area contributed by atoms with Crippen LogP contribution in [0.2, 0.25) is 0 Å². The van der Waals surface area contributed by atoms with E-state index in [1.54, 1.807) is 0 Å². The minimum absolute atomic E-state index is 0.00606. The van der Waals surface area contributed by atoms with Gasteiger partial charge >= 0.3 is 5.97 Å². The molecule has 1 fully saturated rings. The molecular weight excluding hydrogens is 188 g/mol. The summed E-state index contributed by atoms with van der Waals surface area (Å²) in [6, 6.07) is 0. The first-order valence-corrected chi connectivity index (χ1v) is 4.20. The van der Waals surface area contributed by atoms with Crippen LogP contribution in [0.4, 0.5) is 0 Å². The van der Waals surface area contributed by atoms with Crippen LogP contribution in [0, 0.1) is 5.92 Å². The van der Waals surface area contributed by atoms with Crippen LogP contribution in [0.5, 0.6) is 0 Å². The molecule has 1 atom stereocenters. The number of amides is 2. The number of carbonyl (C=O) groups excluding carboxylic acids is 3. The highest BCUT2D eigenvalue weighted by molar-refractivity contribution is 5.88. The van der Waals surface area contributed by atoms with Crippen molar-refractivity contribution in [1.82, 2.24) is 10.4 Å². The third kappa shape index (κ3) is 2.21. The number of hydrogen-bond acceptors (Lipinski definition) is 4.